The summed E-state index contributed by atoms with van der Waals surface area (Å²) in [6.45, 7) is 0. The van der Waals surface area contributed by atoms with Crippen LogP contribution in [-0.4, -0.2) is 25.6 Å². The third kappa shape index (κ3) is 1.34. The smallest absolute Gasteiger partial charge is 0.165 e. The maximum Gasteiger partial charge on any atom is 0.165 e. The molecule has 0 unspecified atom stereocenters. The van der Waals surface area contributed by atoms with Crippen LogP contribution in [0.1, 0.15) is 25.3 Å². The number of nitrogens with two attached hydrogens (primary N) is 2. The zero-order chi connectivity index (χ0) is 11.1. The van der Waals surface area contributed by atoms with Crippen LogP contribution >= 0.6 is 0 Å². The van der Waals surface area contributed by atoms with Gasteiger partial charge in [0.1, 0.15) is 11.8 Å². The van der Waals surface area contributed by atoms with Crippen LogP contribution in [0, 0.1) is 0 Å². The predicted octanol–water partition coefficient (Wildman–Crippen LogP) is 0.461. The van der Waals surface area contributed by atoms with E-state index in [-0.39, 0.29) is 0 Å². The summed E-state index contributed by atoms with van der Waals surface area (Å²) in [7, 11) is 0. The number of aromatic nitrogens is 4. The highest BCUT2D eigenvalue weighted by molar-refractivity contribution is 5.81. The molecular weight excluding hydrogens is 204 g/mol. The third-order valence-electron chi connectivity index (χ3n) is 3.23. The summed E-state index contributed by atoms with van der Waals surface area (Å²) >= 11 is 0. The van der Waals surface area contributed by atoms with E-state index in [0.29, 0.717) is 23.4 Å². The maximum absolute atomic E-state index is 5.91. The third-order valence-corrected chi connectivity index (χ3v) is 3.23. The summed E-state index contributed by atoms with van der Waals surface area (Å²) < 4.78 is 2.07. The molecular formula is C10H14N6. The van der Waals surface area contributed by atoms with Crippen molar-refractivity contribution in [2.24, 2.45) is 5.73 Å². The average molecular weight is 218 g/mol. The Morgan fingerprint density at radius 2 is 2.12 bits per heavy atom. The van der Waals surface area contributed by atoms with E-state index in [1.165, 1.54) is 6.33 Å². The second-order valence-electron chi connectivity index (χ2n) is 4.31. The van der Waals surface area contributed by atoms with Crippen LogP contribution in [0.3, 0.4) is 0 Å². The molecule has 84 valence electrons. The second kappa shape index (κ2) is 3.41. The van der Waals surface area contributed by atoms with Crippen molar-refractivity contribution in [1.82, 2.24) is 19.5 Å². The van der Waals surface area contributed by atoms with E-state index in [9.17, 15) is 0 Å². The Hall–Kier alpha value is -1.69. The van der Waals surface area contributed by atoms with Gasteiger partial charge in [-0.15, -0.1) is 0 Å². The molecule has 0 aromatic carbocycles. The van der Waals surface area contributed by atoms with Crippen LogP contribution < -0.4 is 11.5 Å². The number of rotatable bonds is 1. The normalized spacial score (nSPS) is 25.3. The van der Waals surface area contributed by atoms with Crippen LogP contribution in [0.15, 0.2) is 12.7 Å². The van der Waals surface area contributed by atoms with Gasteiger partial charge in [0, 0.05) is 12.1 Å². The molecule has 6 heteroatoms. The summed E-state index contributed by atoms with van der Waals surface area (Å²) in [5.74, 6) is 0.436. The van der Waals surface area contributed by atoms with Crippen molar-refractivity contribution in [2.75, 3.05) is 5.73 Å². The Morgan fingerprint density at radius 3 is 2.88 bits per heavy atom. The van der Waals surface area contributed by atoms with Gasteiger partial charge in [-0.1, -0.05) is 0 Å². The van der Waals surface area contributed by atoms with Gasteiger partial charge in [-0.2, -0.15) is 0 Å². The fourth-order valence-electron chi connectivity index (χ4n) is 2.38. The lowest BCUT2D eigenvalue weighted by molar-refractivity contribution is 0.519. The van der Waals surface area contributed by atoms with Crippen LogP contribution in [0.2, 0.25) is 0 Å². The highest BCUT2D eigenvalue weighted by Crippen LogP contribution is 2.31. The Bertz CT molecular complexity index is 519. The number of hydrogen-bond acceptors (Lipinski definition) is 5. The zero-order valence-corrected chi connectivity index (χ0v) is 8.87. The van der Waals surface area contributed by atoms with Crippen molar-refractivity contribution in [3.8, 4) is 0 Å². The Morgan fingerprint density at radius 1 is 1.25 bits per heavy atom. The van der Waals surface area contributed by atoms with Crippen LogP contribution in [0.25, 0.3) is 11.2 Å². The fraction of sp³-hybridized carbons (Fsp3) is 0.500. The molecule has 0 spiro atoms. The minimum absolute atomic E-state index is 0.293. The standard InChI is InChI=1S/C10H14N6/c11-6-1-2-7(3-6)16-5-15-8-9(12)13-4-14-10(8)16/h4-7H,1-3,11H2,(H2,12,13,14)/t6-,7-/m1/s1. The van der Waals surface area contributed by atoms with E-state index in [2.05, 4.69) is 19.5 Å². The van der Waals surface area contributed by atoms with Gasteiger partial charge >= 0.3 is 0 Å². The Balaban J connectivity index is 2.08. The van der Waals surface area contributed by atoms with E-state index in [1.54, 1.807) is 6.33 Å². The SMILES string of the molecule is Nc1ncnc2c1ncn2[C@@H]1CC[C@@H](N)C1. The van der Waals surface area contributed by atoms with E-state index in [1.807, 2.05) is 0 Å². The molecule has 16 heavy (non-hydrogen) atoms. The molecule has 2 atom stereocenters. The zero-order valence-electron chi connectivity index (χ0n) is 8.87. The van der Waals surface area contributed by atoms with E-state index >= 15 is 0 Å². The molecule has 2 heterocycles. The molecule has 0 aliphatic heterocycles. The topological polar surface area (TPSA) is 95.6 Å². The second-order valence-corrected chi connectivity index (χ2v) is 4.31. The Kier molecular flexibility index (Phi) is 2.03. The lowest BCUT2D eigenvalue weighted by atomic mass is 10.2. The minimum Gasteiger partial charge on any atom is -0.382 e. The molecule has 2 aromatic heterocycles. The highest BCUT2D eigenvalue weighted by atomic mass is 15.1. The molecule has 0 amide bonds. The molecule has 3 rings (SSSR count). The first-order chi connectivity index (χ1) is 7.75. The molecule has 1 fully saturated rings. The van der Waals surface area contributed by atoms with E-state index in [4.69, 9.17) is 11.5 Å². The molecule has 0 saturated heterocycles. The van der Waals surface area contributed by atoms with Gasteiger partial charge in [0.15, 0.2) is 11.5 Å². The summed E-state index contributed by atoms with van der Waals surface area (Å²) in [5.41, 5.74) is 13.2. The fourth-order valence-corrected chi connectivity index (χ4v) is 2.38. The van der Waals surface area contributed by atoms with Crippen molar-refractivity contribution in [3.63, 3.8) is 0 Å². The lowest BCUT2D eigenvalue weighted by Crippen LogP contribution is -2.15. The van der Waals surface area contributed by atoms with Gasteiger partial charge in [0.25, 0.3) is 0 Å². The van der Waals surface area contributed by atoms with Crippen molar-refractivity contribution in [1.29, 1.82) is 0 Å². The molecule has 2 aromatic rings. The van der Waals surface area contributed by atoms with Gasteiger partial charge in [-0.25, -0.2) is 15.0 Å². The number of fused-ring (bicyclic) bond motifs is 1. The minimum atomic E-state index is 0.293. The maximum atomic E-state index is 5.91. The van der Waals surface area contributed by atoms with Gasteiger partial charge in [0.05, 0.1) is 6.33 Å². The molecule has 0 bridgehead atoms. The van der Waals surface area contributed by atoms with Gasteiger partial charge in [0.2, 0.25) is 0 Å². The lowest BCUT2D eigenvalue weighted by Gasteiger charge is -2.11. The molecule has 6 nitrogen and oxygen atoms in total. The number of anilines is 1. The Labute approximate surface area is 92.7 Å². The van der Waals surface area contributed by atoms with Crippen molar-refractivity contribution in [2.45, 2.75) is 31.3 Å². The van der Waals surface area contributed by atoms with Crippen LogP contribution in [-0.2, 0) is 0 Å². The highest BCUT2D eigenvalue weighted by Gasteiger charge is 2.25. The number of nitrogen functional groups attached to an aromatic ring is 1. The summed E-state index contributed by atoms with van der Waals surface area (Å²) in [6.07, 6.45) is 6.39. The van der Waals surface area contributed by atoms with Crippen molar-refractivity contribution >= 4 is 17.0 Å². The first kappa shape index (κ1) is 9.53. The monoisotopic (exact) mass is 218 g/mol. The van der Waals surface area contributed by atoms with Crippen LogP contribution in [0.4, 0.5) is 5.82 Å². The summed E-state index contributed by atoms with van der Waals surface area (Å²) in [4.78, 5) is 12.4. The number of nitrogens with zero attached hydrogens (tertiary/aromatic N) is 4. The molecule has 1 aliphatic carbocycles. The molecule has 4 N–H and O–H groups in total. The van der Waals surface area contributed by atoms with Crippen molar-refractivity contribution < 1.29 is 0 Å². The number of imidazole rings is 1. The summed E-state index contributed by atoms with van der Waals surface area (Å²) in [6, 6.07) is 0.691. The first-order valence-corrected chi connectivity index (χ1v) is 5.44. The van der Waals surface area contributed by atoms with E-state index < -0.39 is 0 Å². The molecule has 0 radical (unpaired) electrons. The van der Waals surface area contributed by atoms with Crippen molar-refractivity contribution in [3.05, 3.63) is 12.7 Å². The van der Waals surface area contributed by atoms with Crippen LogP contribution in [0.5, 0.6) is 0 Å². The van der Waals surface area contributed by atoms with Gasteiger partial charge in [-0.3, -0.25) is 0 Å². The van der Waals surface area contributed by atoms with Gasteiger partial charge < -0.3 is 16.0 Å². The summed E-state index contributed by atoms with van der Waals surface area (Å²) in [5, 5.41) is 0. The average Bonchev–Trinajstić information content (AvgIpc) is 2.84. The number of hydrogen-bond donors (Lipinski definition) is 2. The predicted molar refractivity (Wildman–Crippen MR) is 60.6 cm³/mol. The van der Waals surface area contributed by atoms with E-state index in [0.717, 1.165) is 24.9 Å². The first-order valence-electron chi connectivity index (χ1n) is 5.44. The molecule has 1 saturated carbocycles. The largest absolute Gasteiger partial charge is 0.382 e. The van der Waals surface area contributed by atoms with Gasteiger partial charge in [-0.05, 0) is 19.3 Å². The quantitative estimate of drug-likeness (QED) is 0.725. The molecule has 1 aliphatic rings.